The van der Waals surface area contributed by atoms with Gasteiger partial charge in [-0.3, -0.25) is 0 Å². The average Bonchev–Trinajstić information content (AvgIpc) is 2.98. The van der Waals surface area contributed by atoms with Crippen LogP contribution in [0.1, 0.15) is 10.4 Å². The average molecular weight is 305 g/mol. The molecular formula is C15H20BNO3S. The number of benzene rings is 1. The maximum absolute atomic E-state index is 9.46. The second-order valence-corrected chi connectivity index (χ2v) is 6.04. The second-order valence-electron chi connectivity index (χ2n) is 5.01. The molecule has 1 aromatic heterocycles. The molecule has 0 aliphatic rings. The highest BCUT2D eigenvalue weighted by molar-refractivity contribution is 7.09. The highest BCUT2D eigenvalue weighted by Gasteiger charge is 2.17. The summed E-state index contributed by atoms with van der Waals surface area (Å²) >= 11 is 1.76. The van der Waals surface area contributed by atoms with Crippen LogP contribution in [0.4, 0.5) is 0 Å². The van der Waals surface area contributed by atoms with Crippen molar-refractivity contribution in [3.63, 3.8) is 0 Å². The van der Waals surface area contributed by atoms with Crippen LogP contribution in [0.25, 0.3) is 0 Å². The molecule has 4 nitrogen and oxygen atoms in total. The molecule has 0 aliphatic heterocycles. The quantitative estimate of drug-likeness (QED) is 0.753. The minimum atomic E-state index is -1.46. The molecule has 0 amide bonds. The molecule has 2 rings (SSSR count). The summed E-state index contributed by atoms with van der Waals surface area (Å²) in [7, 11) is 2.17. The molecular weight excluding hydrogens is 285 g/mol. The van der Waals surface area contributed by atoms with Crippen LogP contribution in [0, 0.1) is 0 Å². The number of nitrogens with zero attached hydrogens (tertiary/aromatic N) is 1. The highest BCUT2D eigenvalue weighted by Crippen LogP contribution is 2.14. The third-order valence-electron chi connectivity index (χ3n) is 3.39. The Balaban J connectivity index is 2.02. The van der Waals surface area contributed by atoms with E-state index in [0.29, 0.717) is 12.0 Å². The normalized spacial score (nSPS) is 10.9. The minimum Gasteiger partial charge on any atom is -0.497 e. The van der Waals surface area contributed by atoms with E-state index >= 15 is 0 Å². The summed E-state index contributed by atoms with van der Waals surface area (Å²) in [6.07, 6.45) is 0.995. The summed E-state index contributed by atoms with van der Waals surface area (Å²) in [5, 5.41) is 21.0. The van der Waals surface area contributed by atoms with E-state index in [1.54, 1.807) is 30.6 Å². The first-order chi connectivity index (χ1) is 10.1. The van der Waals surface area contributed by atoms with Crippen molar-refractivity contribution >= 4 is 23.9 Å². The van der Waals surface area contributed by atoms with Crippen molar-refractivity contribution in [1.82, 2.24) is 4.90 Å². The van der Waals surface area contributed by atoms with Crippen LogP contribution in [0.3, 0.4) is 0 Å². The Bertz CT molecular complexity index is 560. The third-order valence-corrected chi connectivity index (χ3v) is 4.32. The Morgan fingerprint density at radius 2 is 2.10 bits per heavy atom. The molecule has 0 fully saturated rings. The minimum absolute atomic E-state index is 0.527. The zero-order valence-electron chi connectivity index (χ0n) is 12.3. The van der Waals surface area contributed by atoms with Crippen molar-refractivity contribution in [2.75, 3.05) is 20.7 Å². The Kier molecular flexibility index (Phi) is 5.81. The van der Waals surface area contributed by atoms with Crippen molar-refractivity contribution in [2.24, 2.45) is 0 Å². The molecule has 0 unspecified atom stereocenters. The summed E-state index contributed by atoms with van der Waals surface area (Å²) < 4.78 is 5.21. The van der Waals surface area contributed by atoms with Gasteiger partial charge in [-0.1, -0.05) is 12.1 Å². The molecule has 6 heteroatoms. The fourth-order valence-electron chi connectivity index (χ4n) is 2.22. The van der Waals surface area contributed by atoms with Gasteiger partial charge in [-0.2, -0.15) is 0 Å². The summed E-state index contributed by atoms with van der Waals surface area (Å²) in [5.74, 6) is 0.723. The van der Waals surface area contributed by atoms with Crippen LogP contribution in [0.2, 0.25) is 0 Å². The second kappa shape index (κ2) is 7.61. The van der Waals surface area contributed by atoms with Crippen molar-refractivity contribution in [3.05, 3.63) is 46.2 Å². The Labute approximate surface area is 129 Å². The van der Waals surface area contributed by atoms with Gasteiger partial charge in [-0.25, -0.2) is 0 Å². The van der Waals surface area contributed by atoms with Crippen LogP contribution in [0.5, 0.6) is 5.75 Å². The maximum atomic E-state index is 9.46. The van der Waals surface area contributed by atoms with Crippen LogP contribution in [0.15, 0.2) is 35.7 Å². The number of likely N-dealkylation sites (N-methyl/N-ethyl adjacent to an activating group) is 1. The lowest BCUT2D eigenvalue weighted by molar-refractivity contribution is 0.331. The molecule has 0 spiro atoms. The first kappa shape index (κ1) is 16.0. The van der Waals surface area contributed by atoms with Gasteiger partial charge in [0.2, 0.25) is 0 Å². The van der Waals surface area contributed by atoms with Gasteiger partial charge in [0.1, 0.15) is 5.75 Å². The summed E-state index contributed by atoms with van der Waals surface area (Å²) in [4.78, 5) is 3.52. The van der Waals surface area contributed by atoms with E-state index in [9.17, 15) is 10.0 Å². The standard InChI is InChI=1S/C15H20BNO3S/c1-17(8-7-14-4-3-9-21-14)11-12-10-13(20-2)5-6-15(12)16(18)19/h3-6,9-10,18-19H,7-8,11H2,1-2H3. The third kappa shape index (κ3) is 4.57. The Hall–Kier alpha value is -1.34. The number of hydrogen-bond donors (Lipinski definition) is 2. The molecule has 2 N–H and O–H groups in total. The zero-order chi connectivity index (χ0) is 15.2. The number of ether oxygens (including phenoxy) is 1. The van der Waals surface area contributed by atoms with E-state index in [2.05, 4.69) is 22.4 Å². The number of hydrogen-bond acceptors (Lipinski definition) is 5. The Morgan fingerprint density at radius 3 is 2.71 bits per heavy atom. The van der Waals surface area contributed by atoms with Gasteiger partial charge in [0.15, 0.2) is 0 Å². The van der Waals surface area contributed by atoms with Gasteiger partial charge in [0.05, 0.1) is 7.11 Å². The first-order valence-electron chi connectivity index (χ1n) is 6.84. The first-order valence-corrected chi connectivity index (χ1v) is 7.72. The smallest absolute Gasteiger partial charge is 0.488 e. The molecule has 1 aromatic carbocycles. The van der Waals surface area contributed by atoms with Crippen molar-refractivity contribution in [2.45, 2.75) is 13.0 Å². The van der Waals surface area contributed by atoms with Gasteiger partial charge >= 0.3 is 7.12 Å². The van der Waals surface area contributed by atoms with E-state index in [0.717, 1.165) is 24.3 Å². The topological polar surface area (TPSA) is 52.9 Å². The van der Waals surface area contributed by atoms with E-state index in [1.807, 2.05) is 13.1 Å². The molecule has 0 radical (unpaired) electrons. The van der Waals surface area contributed by atoms with Crippen LogP contribution >= 0.6 is 11.3 Å². The van der Waals surface area contributed by atoms with Crippen LogP contribution in [-0.4, -0.2) is 42.8 Å². The highest BCUT2D eigenvalue weighted by atomic mass is 32.1. The summed E-state index contributed by atoms with van der Waals surface area (Å²) in [6, 6.07) is 9.49. The summed E-state index contributed by atoms with van der Waals surface area (Å²) in [5.41, 5.74) is 1.40. The fourth-order valence-corrected chi connectivity index (χ4v) is 2.92. The van der Waals surface area contributed by atoms with Gasteiger partial charge in [0.25, 0.3) is 0 Å². The van der Waals surface area contributed by atoms with Gasteiger partial charge in [0, 0.05) is 18.0 Å². The number of thiophene rings is 1. The number of methoxy groups -OCH3 is 1. The predicted molar refractivity (Wildman–Crippen MR) is 87.2 cm³/mol. The maximum Gasteiger partial charge on any atom is 0.488 e. The van der Waals surface area contributed by atoms with E-state index < -0.39 is 7.12 Å². The van der Waals surface area contributed by atoms with Crippen molar-refractivity contribution in [1.29, 1.82) is 0 Å². The molecule has 0 bridgehead atoms. The van der Waals surface area contributed by atoms with E-state index in [4.69, 9.17) is 4.74 Å². The van der Waals surface area contributed by atoms with Gasteiger partial charge < -0.3 is 19.7 Å². The SMILES string of the molecule is COc1ccc(B(O)O)c(CN(C)CCc2cccs2)c1. The Morgan fingerprint density at radius 1 is 1.29 bits per heavy atom. The van der Waals surface area contributed by atoms with E-state index in [-0.39, 0.29) is 0 Å². The van der Waals surface area contributed by atoms with Crippen LogP contribution in [-0.2, 0) is 13.0 Å². The van der Waals surface area contributed by atoms with Gasteiger partial charge in [-0.15, -0.1) is 11.3 Å². The predicted octanol–water partition coefficient (Wildman–Crippen LogP) is 1.11. The lowest BCUT2D eigenvalue weighted by atomic mass is 9.77. The molecule has 1 heterocycles. The molecule has 21 heavy (non-hydrogen) atoms. The molecule has 0 atom stereocenters. The largest absolute Gasteiger partial charge is 0.497 e. The lowest BCUT2D eigenvalue weighted by Crippen LogP contribution is -2.35. The van der Waals surface area contributed by atoms with Crippen LogP contribution < -0.4 is 10.2 Å². The van der Waals surface area contributed by atoms with Crippen molar-refractivity contribution in [3.8, 4) is 5.75 Å². The lowest BCUT2D eigenvalue weighted by Gasteiger charge is -2.19. The molecule has 0 aliphatic carbocycles. The van der Waals surface area contributed by atoms with Gasteiger partial charge in [-0.05, 0) is 48.1 Å². The monoisotopic (exact) mass is 305 g/mol. The summed E-state index contributed by atoms with van der Waals surface area (Å²) in [6.45, 7) is 1.56. The van der Waals surface area contributed by atoms with Crippen molar-refractivity contribution < 1.29 is 14.8 Å². The zero-order valence-corrected chi connectivity index (χ0v) is 13.1. The molecule has 112 valence electrons. The van der Waals surface area contributed by atoms with E-state index in [1.165, 1.54) is 4.88 Å². The number of rotatable bonds is 7. The fraction of sp³-hybridized carbons (Fsp3) is 0.333. The molecule has 0 saturated heterocycles. The molecule has 2 aromatic rings. The molecule has 0 saturated carbocycles.